The van der Waals surface area contributed by atoms with Gasteiger partial charge in [0.15, 0.2) is 0 Å². The van der Waals surface area contributed by atoms with Gasteiger partial charge in [0.2, 0.25) is 11.8 Å². The molecule has 9 heteroatoms. The molecule has 9 nitrogen and oxygen atoms in total. The third kappa shape index (κ3) is 5.21. The first-order valence-electron chi connectivity index (χ1n) is 12.9. The molecule has 3 aliphatic rings. The van der Waals surface area contributed by atoms with E-state index in [9.17, 15) is 19.7 Å². The van der Waals surface area contributed by atoms with E-state index in [1.807, 2.05) is 41.3 Å². The molecule has 190 valence electrons. The lowest BCUT2D eigenvalue weighted by Gasteiger charge is -2.49. The van der Waals surface area contributed by atoms with E-state index < -0.39 is 0 Å². The van der Waals surface area contributed by atoms with Crippen molar-refractivity contribution in [2.24, 2.45) is 5.92 Å². The maximum atomic E-state index is 13.4. The molecule has 2 aromatic carbocycles. The van der Waals surface area contributed by atoms with Crippen molar-refractivity contribution in [1.82, 2.24) is 15.1 Å². The fraction of sp³-hybridized carbons (Fsp3) is 0.481. The van der Waals surface area contributed by atoms with E-state index in [-0.39, 0.29) is 34.4 Å². The second-order valence-electron chi connectivity index (χ2n) is 9.99. The van der Waals surface area contributed by atoms with Crippen LogP contribution in [0.25, 0.3) is 0 Å². The molecule has 0 radical (unpaired) electrons. The minimum atomic E-state index is -0.386. The van der Waals surface area contributed by atoms with Crippen molar-refractivity contribution in [1.29, 1.82) is 0 Å². The minimum Gasteiger partial charge on any atom is -0.365 e. The summed E-state index contributed by atoms with van der Waals surface area (Å²) >= 11 is 0. The number of hydrogen-bond donors (Lipinski definition) is 1. The number of amides is 2. The van der Waals surface area contributed by atoms with E-state index >= 15 is 0 Å². The van der Waals surface area contributed by atoms with Gasteiger partial charge in [0.05, 0.1) is 23.4 Å². The largest absolute Gasteiger partial charge is 0.365 e. The Kier molecular flexibility index (Phi) is 7.18. The Labute approximate surface area is 211 Å². The van der Waals surface area contributed by atoms with Crippen molar-refractivity contribution in [3.8, 4) is 0 Å². The van der Waals surface area contributed by atoms with Crippen molar-refractivity contribution in [2.75, 3.05) is 50.7 Å². The van der Waals surface area contributed by atoms with E-state index in [0.717, 1.165) is 55.7 Å². The molecule has 2 amide bonds. The van der Waals surface area contributed by atoms with Crippen molar-refractivity contribution >= 4 is 23.2 Å². The number of piperazine rings is 1. The predicted molar refractivity (Wildman–Crippen MR) is 137 cm³/mol. The Bertz CT molecular complexity index is 1120. The number of non-ortho nitro benzene ring substituents is 1. The SMILES string of the molecule is O=C(NCCc1ccccc1)[C@H]1Cc2cc([N+](=O)[O-])ccc2N2CCN(CC(=O)N3CCCC3)C[C@H]12. The summed E-state index contributed by atoms with van der Waals surface area (Å²) in [6.07, 6.45) is 3.32. The van der Waals surface area contributed by atoms with Gasteiger partial charge in [-0.1, -0.05) is 30.3 Å². The summed E-state index contributed by atoms with van der Waals surface area (Å²) in [5.74, 6) is -0.220. The molecule has 3 heterocycles. The summed E-state index contributed by atoms with van der Waals surface area (Å²) in [5.41, 5.74) is 3.01. The summed E-state index contributed by atoms with van der Waals surface area (Å²) in [6, 6.07) is 14.9. The van der Waals surface area contributed by atoms with Gasteiger partial charge in [-0.2, -0.15) is 0 Å². The number of nitro groups is 1. The minimum absolute atomic E-state index is 0.0363. The van der Waals surface area contributed by atoms with E-state index in [0.29, 0.717) is 32.6 Å². The molecule has 0 spiro atoms. The summed E-state index contributed by atoms with van der Waals surface area (Å²) in [6.45, 7) is 4.59. The van der Waals surface area contributed by atoms with E-state index in [1.165, 1.54) is 0 Å². The number of hydrogen-bond acceptors (Lipinski definition) is 6. The fourth-order valence-electron chi connectivity index (χ4n) is 5.79. The highest BCUT2D eigenvalue weighted by Gasteiger charge is 2.42. The van der Waals surface area contributed by atoms with Crippen molar-refractivity contribution in [3.05, 3.63) is 69.8 Å². The third-order valence-corrected chi connectivity index (χ3v) is 7.70. The Morgan fingerprint density at radius 2 is 1.81 bits per heavy atom. The monoisotopic (exact) mass is 491 g/mol. The highest BCUT2D eigenvalue weighted by Crippen LogP contribution is 2.38. The van der Waals surface area contributed by atoms with Crippen LogP contribution >= 0.6 is 0 Å². The molecule has 0 saturated carbocycles. The predicted octanol–water partition coefficient (Wildman–Crippen LogP) is 2.24. The number of rotatable bonds is 7. The van der Waals surface area contributed by atoms with Crippen LogP contribution in [0.1, 0.15) is 24.0 Å². The number of nitrogens with one attached hydrogen (secondary N) is 1. The Hall–Kier alpha value is -3.46. The maximum Gasteiger partial charge on any atom is 0.269 e. The van der Waals surface area contributed by atoms with Gasteiger partial charge in [0, 0.05) is 57.1 Å². The van der Waals surface area contributed by atoms with E-state index in [2.05, 4.69) is 15.1 Å². The zero-order valence-corrected chi connectivity index (χ0v) is 20.5. The lowest BCUT2D eigenvalue weighted by Crippen LogP contribution is -2.62. The summed E-state index contributed by atoms with van der Waals surface area (Å²) in [7, 11) is 0. The molecule has 1 N–H and O–H groups in total. The van der Waals surface area contributed by atoms with Crippen LogP contribution in [0, 0.1) is 16.0 Å². The summed E-state index contributed by atoms with van der Waals surface area (Å²) < 4.78 is 0. The molecule has 0 aliphatic carbocycles. The van der Waals surface area contributed by atoms with Crippen LogP contribution in [0.4, 0.5) is 11.4 Å². The van der Waals surface area contributed by atoms with Crippen molar-refractivity contribution in [3.63, 3.8) is 0 Å². The van der Waals surface area contributed by atoms with Crippen molar-refractivity contribution in [2.45, 2.75) is 31.7 Å². The molecule has 0 unspecified atom stereocenters. The van der Waals surface area contributed by atoms with Crippen LogP contribution in [0.15, 0.2) is 48.5 Å². The first kappa shape index (κ1) is 24.2. The molecule has 0 bridgehead atoms. The molecule has 5 rings (SSSR count). The number of nitro benzene ring substituents is 1. The lowest BCUT2D eigenvalue weighted by atomic mass is 9.83. The molecule has 2 fully saturated rings. The van der Waals surface area contributed by atoms with Crippen LogP contribution in [0.5, 0.6) is 0 Å². The van der Waals surface area contributed by atoms with Gasteiger partial charge < -0.3 is 15.1 Å². The number of carbonyl (C=O) groups excluding carboxylic acids is 2. The van der Waals surface area contributed by atoms with Gasteiger partial charge >= 0.3 is 0 Å². The number of nitrogens with zero attached hydrogens (tertiary/aromatic N) is 4. The maximum absolute atomic E-state index is 13.4. The average molecular weight is 492 g/mol. The molecule has 36 heavy (non-hydrogen) atoms. The van der Waals surface area contributed by atoms with Crippen LogP contribution in [-0.2, 0) is 22.4 Å². The topological polar surface area (TPSA) is 99.0 Å². The lowest BCUT2D eigenvalue weighted by molar-refractivity contribution is -0.384. The smallest absolute Gasteiger partial charge is 0.269 e. The van der Waals surface area contributed by atoms with Gasteiger partial charge in [0.25, 0.3) is 5.69 Å². The molecule has 2 aromatic rings. The number of likely N-dealkylation sites (tertiary alicyclic amines) is 1. The van der Waals surface area contributed by atoms with Crippen LogP contribution in [0.2, 0.25) is 0 Å². The van der Waals surface area contributed by atoms with E-state index in [1.54, 1.807) is 12.1 Å². The molecule has 2 atom stereocenters. The number of fused-ring (bicyclic) bond motifs is 3. The van der Waals surface area contributed by atoms with Gasteiger partial charge in [-0.05, 0) is 42.9 Å². The van der Waals surface area contributed by atoms with E-state index in [4.69, 9.17) is 0 Å². The average Bonchev–Trinajstić information content (AvgIpc) is 3.44. The molecule has 0 aromatic heterocycles. The quantitative estimate of drug-likeness (QED) is 0.471. The normalized spacial score (nSPS) is 21.6. The number of anilines is 1. The summed E-state index contributed by atoms with van der Waals surface area (Å²) in [4.78, 5) is 43.6. The zero-order valence-electron chi connectivity index (χ0n) is 20.5. The fourth-order valence-corrected chi connectivity index (χ4v) is 5.79. The van der Waals surface area contributed by atoms with Crippen LogP contribution < -0.4 is 10.2 Å². The van der Waals surface area contributed by atoms with Crippen molar-refractivity contribution < 1.29 is 14.5 Å². The van der Waals surface area contributed by atoms with Gasteiger partial charge in [-0.3, -0.25) is 24.6 Å². The molecule has 2 saturated heterocycles. The van der Waals surface area contributed by atoms with Crippen LogP contribution in [-0.4, -0.2) is 78.4 Å². The highest BCUT2D eigenvalue weighted by molar-refractivity contribution is 5.82. The molecular formula is C27H33N5O4. The standard InChI is InChI=1S/C27H33N5O4/c33-26(30-12-4-5-13-30)19-29-14-15-31-24-9-8-22(32(35)36)16-21(24)17-23(25(31)18-29)27(34)28-11-10-20-6-2-1-3-7-20/h1-3,6-9,16,23,25H,4-5,10-15,17-19H2,(H,28,34)/t23-,25+/m0/s1. The van der Waals surface area contributed by atoms with Crippen LogP contribution in [0.3, 0.4) is 0 Å². The highest BCUT2D eigenvalue weighted by atomic mass is 16.6. The first-order valence-corrected chi connectivity index (χ1v) is 12.9. The number of carbonyl (C=O) groups is 2. The Balaban J connectivity index is 1.32. The van der Waals surface area contributed by atoms with Gasteiger partial charge in [0.1, 0.15) is 0 Å². The van der Waals surface area contributed by atoms with Gasteiger partial charge in [-0.15, -0.1) is 0 Å². The Morgan fingerprint density at radius 1 is 1.03 bits per heavy atom. The second kappa shape index (κ2) is 10.7. The Morgan fingerprint density at radius 3 is 2.56 bits per heavy atom. The number of benzene rings is 2. The summed E-state index contributed by atoms with van der Waals surface area (Å²) in [5, 5.41) is 14.5. The second-order valence-corrected chi connectivity index (χ2v) is 9.99. The molecular weight excluding hydrogens is 458 g/mol. The van der Waals surface area contributed by atoms with Gasteiger partial charge in [-0.25, -0.2) is 0 Å². The molecule has 3 aliphatic heterocycles. The first-order chi connectivity index (χ1) is 17.5. The zero-order chi connectivity index (χ0) is 25.1. The third-order valence-electron chi connectivity index (χ3n) is 7.70.